The van der Waals surface area contributed by atoms with Crippen molar-refractivity contribution in [3.63, 3.8) is 0 Å². The molecule has 22 heavy (non-hydrogen) atoms. The molecule has 1 atom stereocenters. The van der Waals surface area contributed by atoms with Crippen molar-refractivity contribution in [1.29, 1.82) is 0 Å². The fourth-order valence-electron chi connectivity index (χ4n) is 2.45. The first-order valence-electron chi connectivity index (χ1n) is 7.91. The highest BCUT2D eigenvalue weighted by molar-refractivity contribution is 5.85. The number of aryl methyl sites for hydroxylation is 2. The number of aromatic nitrogens is 4. The summed E-state index contributed by atoms with van der Waals surface area (Å²) >= 11 is 0. The van der Waals surface area contributed by atoms with Crippen LogP contribution in [0.15, 0.2) is 18.5 Å². The lowest BCUT2D eigenvalue weighted by Crippen LogP contribution is -2.18. The molecular formula is C16H28ClN5. The van der Waals surface area contributed by atoms with Crippen molar-refractivity contribution in [3.8, 4) is 0 Å². The van der Waals surface area contributed by atoms with E-state index in [9.17, 15) is 0 Å². The summed E-state index contributed by atoms with van der Waals surface area (Å²) in [5.74, 6) is 0. The molecule has 1 N–H and O–H groups in total. The highest BCUT2D eigenvalue weighted by Crippen LogP contribution is 2.12. The van der Waals surface area contributed by atoms with Gasteiger partial charge in [-0.15, -0.1) is 12.4 Å². The van der Waals surface area contributed by atoms with Gasteiger partial charge in [0.2, 0.25) is 0 Å². The summed E-state index contributed by atoms with van der Waals surface area (Å²) < 4.78 is 4.15. The molecule has 0 aromatic carbocycles. The molecular weight excluding hydrogens is 298 g/mol. The van der Waals surface area contributed by atoms with Gasteiger partial charge in [0.15, 0.2) is 0 Å². The zero-order valence-corrected chi connectivity index (χ0v) is 14.9. The summed E-state index contributed by atoms with van der Waals surface area (Å²) in [6.07, 6.45) is 6.24. The zero-order chi connectivity index (χ0) is 15.2. The Labute approximate surface area is 139 Å². The van der Waals surface area contributed by atoms with E-state index in [1.54, 1.807) is 0 Å². The third kappa shape index (κ3) is 4.58. The van der Waals surface area contributed by atoms with Gasteiger partial charge in [0.1, 0.15) is 0 Å². The molecule has 0 aliphatic heterocycles. The number of nitrogens with zero attached hydrogens (tertiary/aromatic N) is 4. The summed E-state index contributed by atoms with van der Waals surface area (Å²) in [5.41, 5.74) is 3.63. The Morgan fingerprint density at radius 2 is 2.05 bits per heavy atom. The van der Waals surface area contributed by atoms with E-state index in [0.717, 1.165) is 38.2 Å². The molecule has 5 nitrogen and oxygen atoms in total. The van der Waals surface area contributed by atoms with Crippen LogP contribution in [-0.2, 0) is 19.6 Å². The second-order valence-corrected chi connectivity index (χ2v) is 5.63. The number of rotatable bonds is 8. The van der Waals surface area contributed by atoms with Crippen molar-refractivity contribution >= 4 is 12.4 Å². The summed E-state index contributed by atoms with van der Waals surface area (Å²) in [7, 11) is 0. The van der Waals surface area contributed by atoms with Crippen molar-refractivity contribution in [2.24, 2.45) is 0 Å². The van der Waals surface area contributed by atoms with Gasteiger partial charge in [0.05, 0.1) is 11.4 Å². The Morgan fingerprint density at radius 3 is 2.73 bits per heavy atom. The van der Waals surface area contributed by atoms with Gasteiger partial charge in [-0.2, -0.15) is 10.2 Å². The van der Waals surface area contributed by atoms with Crippen LogP contribution in [0.25, 0.3) is 0 Å². The Morgan fingerprint density at radius 1 is 1.27 bits per heavy atom. The molecule has 2 aromatic heterocycles. The largest absolute Gasteiger partial charge is 0.307 e. The highest BCUT2D eigenvalue weighted by atomic mass is 35.5. The van der Waals surface area contributed by atoms with Crippen molar-refractivity contribution < 1.29 is 0 Å². The summed E-state index contributed by atoms with van der Waals surface area (Å²) in [6.45, 7) is 11.3. The average Bonchev–Trinajstić information content (AvgIpc) is 3.06. The molecule has 2 heterocycles. The van der Waals surface area contributed by atoms with Crippen LogP contribution in [0.1, 0.15) is 56.6 Å². The Bertz CT molecular complexity index is 561. The molecule has 0 saturated carbocycles. The molecule has 6 heteroatoms. The molecule has 0 aliphatic rings. The van der Waals surface area contributed by atoms with E-state index in [-0.39, 0.29) is 12.4 Å². The molecule has 124 valence electrons. The van der Waals surface area contributed by atoms with Crippen LogP contribution in [0.3, 0.4) is 0 Å². The fourth-order valence-corrected chi connectivity index (χ4v) is 2.45. The number of hydrogen-bond acceptors (Lipinski definition) is 3. The van der Waals surface area contributed by atoms with Crippen LogP contribution in [0.4, 0.5) is 0 Å². The predicted molar refractivity (Wildman–Crippen MR) is 92.3 cm³/mol. The molecule has 0 spiro atoms. The maximum Gasteiger partial charge on any atom is 0.0638 e. The second-order valence-electron chi connectivity index (χ2n) is 5.63. The van der Waals surface area contributed by atoms with Gasteiger partial charge in [-0.05, 0) is 32.8 Å². The topological polar surface area (TPSA) is 47.7 Å². The maximum atomic E-state index is 4.53. The zero-order valence-electron chi connectivity index (χ0n) is 14.0. The van der Waals surface area contributed by atoms with E-state index in [1.807, 2.05) is 10.9 Å². The molecule has 2 aromatic rings. The normalized spacial score (nSPS) is 12.2. The third-order valence-electron chi connectivity index (χ3n) is 3.88. The van der Waals surface area contributed by atoms with E-state index in [2.05, 4.69) is 60.2 Å². The molecule has 0 amide bonds. The van der Waals surface area contributed by atoms with E-state index in [0.29, 0.717) is 6.04 Å². The standard InChI is InChI=1S/C16H27N5.ClH/c1-5-9-20-12-15(14(4)19-20)10-17-11-16-7-8-18-21(16)13(3)6-2;/h7-8,12-13,17H,5-6,9-11H2,1-4H3;1H. The lowest BCUT2D eigenvalue weighted by molar-refractivity contribution is 0.451. The first kappa shape index (κ1) is 18.7. The van der Waals surface area contributed by atoms with Gasteiger partial charge in [0.25, 0.3) is 0 Å². The first-order chi connectivity index (χ1) is 10.2. The molecule has 0 saturated heterocycles. The Kier molecular flexibility index (Phi) is 7.62. The Hall–Kier alpha value is -1.33. The van der Waals surface area contributed by atoms with Crippen LogP contribution < -0.4 is 5.32 Å². The highest BCUT2D eigenvalue weighted by Gasteiger charge is 2.09. The number of nitrogens with one attached hydrogen (secondary N) is 1. The molecule has 0 bridgehead atoms. The average molecular weight is 326 g/mol. The van der Waals surface area contributed by atoms with Gasteiger partial charge >= 0.3 is 0 Å². The van der Waals surface area contributed by atoms with Crippen molar-refractivity contribution in [2.75, 3.05) is 0 Å². The van der Waals surface area contributed by atoms with Crippen molar-refractivity contribution in [2.45, 2.75) is 66.2 Å². The van der Waals surface area contributed by atoms with E-state index in [1.165, 1.54) is 11.3 Å². The SMILES string of the molecule is CCCn1cc(CNCc2ccnn2C(C)CC)c(C)n1.Cl. The van der Waals surface area contributed by atoms with E-state index < -0.39 is 0 Å². The monoisotopic (exact) mass is 325 g/mol. The van der Waals surface area contributed by atoms with Crippen LogP contribution in [-0.4, -0.2) is 19.6 Å². The fraction of sp³-hybridized carbons (Fsp3) is 0.625. The number of hydrogen-bond donors (Lipinski definition) is 1. The minimum absolute atomic E-state index is 0. The maximum absolute atomic E-state index is 4.53. The van der Waals surface area contributed by atoms with Crippen LogP contribution >= 0.6 is 12.4 Å². The molecule has 0 radical (unpaired) electrons. The minimum atomic E-state index is 0. The summed E-state index contributed by atoms with van der Waals surface area (Å²) in [4.78, 5) is 0. The van der Waals surface area contributed by atoms with Gasteiger partial charge in [-0.3, -0.25) is 9.36 Å². The van der Waals surface area contributed by atoms with Crippen molar-refractivity contribution in [3.05, 3.63) is 35.4 Å². The van der Waals surface area contributed by atoms with Gasteiger partial charge in [-0.1, -0.05) is 13.8 Å². The number of halogens is 1. The minimum Gasteiger partial charge on any atom is -0.307 e. The van der Waals surface area contributed by atoms with Crippen molar-refractivity contribution in [1.82, 2.24) is 24.9 Å². The van der Waals surface area contributed by atoms with Gasteiger partial charge in [0, 0.05) is 43.6 Å². The lowest BCUT2D eigenvalue weighted by atomic mass is 10.2. The van der Waals surface area contributed by atoms with Gasteiger partial charge < -0.3 is 5.32 Å². The molecule has 2 rings (SSSR count). The van der Waals surface area contributed by atoms with Crippen LogP contribution in [0.2, 0.25) is 0 Å². The third-order valence-corrected chi connectivity index (χ3v) is 3.88. The van der Waals surface area contributed by atoms with Crippen LogP contribution in [0, 0.1) is 6.92 Å². The summed E-state index contributed by atoms with van der Waals surface area (Å²) in [6, 6.07) is 2.54. The molecule has 0 aliphatic carbocycles. The van der Waals surface area contributed by atoms with E-state index >= 15 is 0 Å². The van der Waals surface area contributed by atoms with Crippen LogP contribution in [0.5, 0.6) is 0 Å². The smallest absolute Gasteiger partial charge is 0.0638 e. The second kappa shape index (κ2) is 8.96. The van der Waals surface area contributed by atoms with E-state index in [4.69, 9.17) is 0 Å². The van der Waals surface area contributed by atoms with Gasteiger partial charge in [-0.25, -0.2) is 0 Å². The quantitative estimate of drug-likeness (QED) is 0.808. The Balaban J connectivity index is 0.00000242. The predicted octanol–water partition coefficient (Wildman–Crippen LogP) is 3.48. The lowest BCUT2D eigenvalue weighted by Gasteiger charge is -2.14. The first-order valence-corrected chi connectivity index (χ1v) is 7.91. The summed E-state index contributed by atoms with van der Waals surface area (Å²) in [5, 5.41) is 12.5. The molecule has 0 fully saturated rings. The molecule has 1 unspecified atom stereocenters.